The topological polar surface area (TPSA) is 72.5 Å². The van der Waals surface area contributed by atoms with Crippen molar-refractivity contribution < 1.29 is 23.5 Å². The van der Waals surface area contributed by atoms with Crippen LogP contribution in [0.1, 0.15) is 41.3 Å². The maximum Gasteiger partial charge on any atom is 0.307 e. The lowest BCUT2D eigenvalue weighted by Crippen LogP contribution is -2.30. The lowest BCUT2D eigenvalue weighted by atomic mass is 9.99. The van der Waals surface area contributed by atoms with E-state index in [4.69, 9.17) is 16.3 Å². The molecule has 0 unspecified atom stereocenters. The highest BCUT2D eigenvalue weighted by molar-refractivity contribution is 6.33. The lowest BCUT2D eigenvalue weighted by Gasteiger charge is -2.14. The fourth-order valence-corrected chi connectivity index (χ4v) is 2.74. The minimum Gasteiger partial charge on any atom is -0.453 e. The van der Waals surface area contributed by atoms with Gasteiger partial charge in [-0.15, -0.1) is 0 Å². The van der Waals surface area contributed by atoms with Gasteiger partial charge in [0.25, 0.3) is 5.91 Å². The van der Waals surface area contributed by atoms with Crippen molar-refractivity contribution in [3.8, 4) is 0 Å². The zero-order chi connectivity index (χ0) is 20.8. The van der Waals surface area contributed by atoms with Crippen molar-refractivity contribution in [3.05, 3.63) is 63.9 Å². The number of carbonyl (C=O) groups excluding carboxylic acids is 3. The number of esters is 1. The summed E-state index contributed by atoms with van der Waals surface area (Å²) in [6, 6.07) is 9.07. The third-order valence-electron chi connectivity index (χ3n) is 4.12. The molecule has 1 amide bonds. The molecule has 1 atom stereocenters. The van der Waals surface area contributed by atoms with Crippen molar-refractivity contribution in [1.29, 1.82) is 0 Å². The fraction of sp³-hybridized carbons (Fsp3) is 0.286. The summed E-state index contributed by atoms with van der Waals surface area (Å²) in [6.45, 7) is 5.12. The summed E-state index contributed by atoms with van der Waals surface area (Å²) in [5, 5.41) is 2.50. The molecule has 0 bridgehead atoms. The van der Waals surface area contributed by atoms with Gasteiger partial charge in [-0.25, -0.2) is 4.39 Å². The number of amides is 1. The molecule has 0 radical (unpaired) electrons. The average molecular weight is 406 g/mol. The Kier molecular flexibility index (Phi) is 7.29. The summed E-state index contributed by atoms with van der Waals surface area (Å²) in [6.07, 6.45) is -1.24. The summed E-state index contributed by atoms with van der Waals surface area (Å²) in [4.78, 5) is 36.4. The highest BCUT2D eigenvalue weighted by Crippen LogP contribution is 2.22. The molecule has 0 saturated heterocycles. The number of aryl methyl sites for hydroxylation is 2. The number of hydrogen-bond donors (Lipinski definition) is 1. The Labute approximate surface area is 167 Å². The number of carbonyl (C=O) groups is 3. The molecule has 0 aliphatic rings. The maximum atomic E-state index is 13.0. The first-order chi connectivity index (χ1) is 13.2. The molecular formula is C21H21ClFNO4. The van der Waals surface area contributed by atoms with Crippen LogP contribution >= 0.6 is 11.6 Å². The molecule has 5 nitrogen and oxygen atoms in total. The number of rotatable bonds is 7. The molecule has 7 heteroatoms. The van der Waals surface area contributed by atoms with Crippen LogP contribution in [0.3, 0.4) is 0 Å². The second-order valence-corrected chi connectivity index (χ2v) is 6.89. The van der Waals surface area contributed by atoms with E-state index in [1.54, 1.807) is 6.07 Å². The van der Waals surface area contributed by atoms with Gasteiger partial charge >= 0.3 is 5.97 Å². The van der Waals surface area contributed by atoms with Gasteiger partial charge in [-0.2, -0.15) is 0 Å². The standard InChI is InChI=1S/C21H21ClFNO4/c1-12-4-5-13(2)16(10-12)19(25)8-9-20(26)28-14(3)21(27)24-18-7-6-15(23)11-17(18)22/h4-7,10-11,14H,8-9H2,1-3H3,(H,24,27)/t14-/m0/s1. The van der Waals surface area contributed by atoms with E-state index >= 15 is 0 Å². The van der Waals surface area contributed by atoms with Gasteiger partial charge in [0, 0.05) is 12.0 Å². The van der Waals surface area contributed by atoms with Gasteiger partial charge in [0.15, 0.2) is 11.9 Å². The van der Waals surface area contributed by atoms with Crippen LogP contribution in [0.2, 0.25) is 5.02 Å². The first kappa shape index (κ1) is 21.6. The Bertz CT molecular complexity index is 913. The number of halogens is 2. The van der Waals surface area contributed by atoms with E-state index < -0.39 is 23.8 Å². The van der Waals surface area contributed by atoms with E-state index in [0.29, 0.717) is 5.56 Å². The molecule has 2 aromatic rings. The minimum atomic E-state index is -1.09. The van der Waals surface area contributed by atoms with E-state index in [1.165, 1.54) is 13.0 Å². The third-order valence-corrected chi connectivity index (χ3v) is 4.43. The summed E-state index contributed by atoms with van der Waals surface area (Å²) in [7, 11) is 0. The van der Waals surface area contributed by atoms with Crippen molar-refractivity contribution in [1.82, 2.24) is 0 Å². The summed E-state index contributed by atoms with van der Waals surface area (Å²) >= 11 is 5.85. The number of ketones is 1. The van der Waals surface area contributed by atoms with E-state index in [0.717, 1.165) is 23.3 Å². The van der Waals surface area contributed by atoms with E-state index in [-0.39, 0.29) is 29.3 Å². The number of ether oxygens (including phenoxy) is 1. The monoisotopic (exact) mass is 405 g/mol. The molecule has 0 aliphatic heterocycles. The number of hydrogen-bond acceptors (Lipinski definition) is 4. The smallest absolute Gasteiger partial charge is 0.307 e. The van der Waals surface area contributed by atoms with Crippen molar-refractivity contribution in [2.75, 3.05) is 5.32 Å². The lowest BCUT2D eigenvalue weighted by molar-refractivity contribution is -0.153. The van der Waals surface area contributed by atoms with Crippen LogP contribution in [0, 0.1) is 19.7 Å². The van der Waals surface area contributed by atoms with Crippen LogP contribution in [0.15, 0.2) is 36.4 Å². The highest BCUT2D eigenvalue weighted by atomic mass is 35.5. The van der Waals surface area contributed by atoms with Crippen molar-refractivity contribution >= 4 is 34.9 Å². The maximum absolute atomic E-state index is 13.0. The molecule has 0 fully saturated rings. The first-order valence-corrected chi connectivity index (χ1v) is 9.11. The molecule has 2 aromatic carbocycles. The number of benzene rings is 2. The molecule has 148 valence electrons. The van der Waals surface area contributed by atoms with Gasteiger partial charge < -0.3 is 10.1 Å². The SMILES string of the molecule is Cc1ccc(C)c(C(=O)CCC(=O)O[C@@H](C)C(=O)Nc2ccc(F)cc2Cl)c1. The van der Waals surface area contributed by atoms with E-state index in [9.17, 15) is 18.8 Å². The molecule has 1 N–H and O–H groups in total. The second kappa shape index (κ2) is 9.46. The Balaban J connectivity index is 1.87. The van der Waals surface area contributed by atoms with Crippen LogP contribution < -0.4 is 5.32 Å². The molecule has 0 spiro atoms. The average Bonchev–Trinajstić information content (AvgIpc) is 2.63. The van der Waals surface area contributed by atoms with Gasteiger partial charge in [-0.3, -0.25) is 14.4 Å². The molecule has 0 aromatic heterocycles. The number of Topliss-reactive ketones (excluding diaryl/α,β-unsaturated/α-hetero) is 1. The molecule has 28 heavy (non-hydrogen) atoms. The summed E-state index contributed by atoms with van der Waals surface area (Å²) in [5.41, 5.74) is 2.58. The van der Waals surface area contributed by atoms with Crippen LogP contribution in [0.5, 0.6) is 0 Å². The van der Waals surface area contributed by atoms with Crippen molar-refractivity contribution in [3.63, 3.8) is 0 Å². The fourth-order valence-electron chi connectivity index (χ4n) is 2.52. The summed E-state index contributed by atoms with van der Waals surface area (Å²) < 4.78 is 18.1. The first-order valence-electron chi connectivity index (χ1n) is 8.73. The molecule has 2 rings (SSSR count). The van der Waals surface area contributed by atoms with Crippen LogP contribution in [-0.4, -0.2) is 23.8 Å². The quantitative estimate of drug-likeness (QED) is 0.538. The Morgan fingerprint density at radius 3 is 2.50 bits per heavy atom. The second-order valence-electron chi connectivity index (χ2n) is 6.49. The van der Waals surface area contributed by atoms with Gasteiger partial charge in [-0.1, -0.05) is 29.3 Å². The van der Waals surface area contributed by atoms with E-state index in [2.05, 4.69) is 5.32 Å². The minimum absolute atomic E-state index is 0.0126. The zero-order valence-corrected chi connectivity index (χ0v) is 16.6. The Morgan fingerprint density at radius 2 is 1.82 bits per heavy atom. The van der Waals surface area contributed by atoms with Crippen LogP contribution in [-0.2, 0) is 14.3 Å². The zero-order valence-electron chi connectivity index (χ0n) is 15.8. The van der Waals surface area contributed by atoms with Crippen LogP contribution in [0.4, 0.5) is 10.1 Å². The van der Waals surface area contributed by atoms with Gasteiger partial charge in [0.1, 0.15) is 5.82 Å². The number of anilines is 1. The number of nitrogens with one attached hydrogen (secondary N) is 1. The van der Waals surface area contributed by atoms with Crippen molar-refractivity contribution in [2.24, 2.45) is 0 Å². The van der Waals surface area contributed by atoms with Gasteiger partial charge in [0.2, 0.25) is 0 Å². The largest absolute Gasteiger partial charge is 0.453 e. The molecular weight excluding hydrogens is 385 g/mol. The predicted octanol–water partition coefficient (Wildman–Crippen LogP) is 4.63. The van der Waals surface area contributed by atoms with Gasteiger partial charge in [0.05, 0.1) is 17.1 Å². The predicted molar refractivity (Wildman–Crippen MR) is 105 cm³/mol. The van der Waals surface area contributed by atoms with E-state index in [1.807, 2.05) is 26.0 Å². The summed E-state index contributed by atoms with van der Waals surface area (Å²) in [5.74, 6) is -1.96. The molecule has 0 saturated carbocycles. The normalized spacial score (nSPS) is 11.6. The highest BCUT2D eigenvalue weighted by Gasteiger charge is 2.20. The molecule has 0 heterocycles. The van der Waals surface area contributed by atoms with Gasteiger partial charge in [-0.05, 0) is 50.6 Å². The Morgan fingerprint density at radius 1 is 1.11 bits per heavy atom. The van der Waals surface area contributed by atoms with Crippen LogP contribution in [0.25, 0.3) is 0 Å². The van der Waals surface area contributed by atoms with Crippen molar-refractivity contribution in [2.45, 2.75) is 39.7 Å². The molecule has 0 aliphatic carbocycles. The third kappa shape index (κ3) is 5.89. The Hall–Kier alpha value is -2.73.